The van der Waals surface area contributed by atoms with E-state index in [4.69, 9.17) is 0 Å². The second kappa shape index (κ2) is 7.78. The van der Waals surface area contributed by atoms with Gasteiger partial charge in [-0.05, 0) is 30.7 Å². The predicted molar refractivity (Wildman–Crippen MR) is 108 cm³/mol. The molecule has 148 valence electrons. The topological polar surface area (TPSA) is 69.3 Å². The summed E-state index contributed by atoms with van der Waals surface area (Å²) in [6, 6.07) is 7.61. The molecule has 2 amide bonds. The Balaban J connectivity index is 1.60. The summed E-state index contributed by atoms with van der Waals surface area (Å²) in [6.45, 7) is 6.17. The average molecular weight is 380 g/mol. The van der Waals surface area contributed by atoms with Crippen LogP contribution in [0.15, 0.2) is 36.7 Å². The Hall–Kier alpha value is -2.63. The third-order valence-corrected chi connectivity index (χ3v) is 5.84. The first kappa shape index (κ1) is 18.7. The third-order valence-electron chi connectivity index (χ3n) is 5.84. The van der Waals surface area contributed by atoms with E-state index < -0.39 is 0 Å². The smallest absolute Gasteiger partial charge is 0.254 e. The van der Waals surface area contributed by atoms with Crippen LogP contribution in [0.1, 0.15) is 43.5 Å². The molecule has 1 unspecified atom stereocenters. The second-order valence-electron chi connectivity index (χ2n) is 8.29. The van der Waals surface area contributed by atoms with Crippen LogP contribution in [0, 0.1) is 11.8 Å². The lowest BCUT2D eigenvalue weighted by Crippen LogP contribution is -2.48. The van der Waals surface area contributed by atoms with Gasteiger partial charge in [0.25, 0.3) is 5.91 Å². The molecule has 0 spiro atoms. The van der Waals surface area contributed by atoms with Gasteiger partial charge >= 0.3 is 0 Å². The number of nitrogens with zero attached hydrogens (tertiary/aromatic N) is 3. The highest BCUT2D eigenvalue weighted by atomic mass is 16.2. The molecular formula is C22H28N4O2. The van der Waals surface area contributed by atoms with E-state index in [1.54, 1.807) is 12.4 Å². The van der Waals surface area contributed by atoms with Gasteiger partial charge in [-0.2, -0.15) is 0 Å². The van der Waals surface area contributed by atoms with Gasteiger partial charge in [0.15, 0.2) is 0 Å². The number of aromatic amines is 1. The molecule has 0 radical (unpaired) electrons. The number of amides is 2. The molecule has 1 aromatic carbocycles. The van der Waals surface area contributed by atoms with Crippen molar-refractivity contribution < 1.29 is 9.59 Å². The molecule has 1 saturated carbocycles. The molecule has 28 heavy (non-hydrogen) atoms. The fraction of sp³-hybridized carbons (Fsp3) is 0.500. The van der Waals surface area contributed by atoms with Crippen LogP contribution in [0.2, 0.25) is 0 Å². The lowest BCUT2D eigenvalue weighted by Gasteiger charge is -2.35. The minimum Gasteiger partial charge on any atom is -0.345 e. The molecule has 1 aromatic heterocycles. The van der Waals surface area contributed by atoms with Crippen LogP contribution in [-0.2, 0) is 4.79 Å². The number of benzene rings is 1. The van der Waals surface area contributed by atoms with Gasteiger partial charge in [-0.3, -0.25) is 9.59 Å². The Bertz CT molecular complexity index is 842. The van der Waals surface area contributed by atoms with Crippen molar-refractivity contribution >= 4 is 11.8 Å². The monoisotopic (exact) mass is 380 g/mol. The Morgan fingerprint density at radius 2 is 2.07 bits per heavy atom. The first-order valence-electron chi connectivity index (χ1n) is 10.2. The number of aromatic nitrogens is 2. The average Bonchev–Trinajstić information content (AvgIpc) is 3.39. The summed E-state index contributed by atoms with van der Waals surface area (Å²) >= 11 is 0. The van der Waals surface area contributed by atoms with Crippen molar-refractivity contribution in [2.24, 2.45) is 11.8 Å². The van der Waals surface area contributed by atoms with Gasteiger partial charge in [-0.15, -0.1) is 0 Å². The minimum absolute atomic E-state index is 0.0290. The van der Waals surface area contributed by atoms with E-state index in [2.05, 4.69) is 23.8 Å². The zero-order valence-corrected chi connectivity index (χ0v) is 16.6. The number of rotatable bonds is 5. The highest BCUT2D eigenvalue weighted by Gasteiger charge is 2.37. The van der Waals surface area contributed by atoms with E-state index in [0.29, 0.717) is 42.7 Å². The summed E-state index contributed by atoms with van der Waals surface area (Å²) in [5, 5.41) is 0. The molecule has 1 N–H and O–H groups in total. The highest BCUT2D eigenvalue weighted by Crippen LogP contribution is 2.32. The van der Waals surface area contributed by atoms with Gasteiger partial charge in [0.05, 0.1) is 11.6 Å². The molecule has 1 aliphatic heterocycles. The lowest BCUT2D eigenvalue weighted by atomic mass is 10.0. The van der Waals surface area contributed by atoms with Crippen LogP contribution < -0.4 is 0 Å². The van der Waals surface area contributed by atoms with Gasteiger partial charge in [0.1, 0.15) is 5.82 Å². The minimum atomic E-state index is -0.0290. The molecule has 0 bridgehead atoms. The summed E-state index contributed by atoms with van der Waals surface area (Å²) in [4.78, 5) is 37.6. The van der Waals surface area contributed by atoms with Crippen LogP contribution in [0.25, 0.3) is 11.4 Å². The van der Waals surface area contributed by atoms with E-state index >= 15 is 0 Å². The molecule has 1 atom stereocenters. The fourth-order valence-corrected chi connectivity index (χ4v) is 4.00. The predicted octanol–water partition coefficient (Wildman–Crippen LogP) is 3.19. The number of nitrogens with one attached hydrogen (secondary N) is 1. The molecule has 2 aliphatic rings. The summed E-state index contributed by atoms with van der Waals surface area (Å²) in [6.07, 6.45) is 6.27. The Kier molecular flexibility index (Phi) is 5.20. The molecular weight excluding hydrogens is 352 g/mol. The fourth-order valence-electron chi connectivity index (χ4n) is 4.00. The maximum absolute atomic E-state index is 13.4. The quantitative estimate of drug-likeness (QED) is 0.866. The largest absolute Gasteiger partial charge is 0.345 e. The Labute approximate surface area is 165 Å². The van der Waals surface area contributed by atoms with Gasteiger partial charge in [-0.25, -0.2) is 4.98 Å². The first-order valence-corrected chi connectivity index (χ1v) is 10.2. The number of carbonyl (C=O) groups excluding carboxylic acids is 2. The van der Waals surface area contributed by atoms with Crippen LogP contribution in [0.5, 0.6) is 0 Å². The Morgan fingerprint density at radius 3 is 2.75 bits per heavy atom. The van der Waals surface area contributed by atoms with Crippen molar-refractivity contribution in [1.82, 2.24) is 19.8 Å². The zero-order valence-electron chi connectivity index (χ0n) is 16.6. The van der Waals surface area contributed by atoms with Crippen LogP contribution in [0.3, 0.4) is 0 Å². The lowest BCUT2D eigenvalue weighted by molar-refractivity contribution is -0.133. The number of hydrogen-bond acceptors (Lipinski definition) is 3. The van der Waals surface area contributed by atoms with E-state index in [1.807, 2.05) is 34.1 Å². The Morgan fingerprint density at radius 1 is 1.29 bits per heavy atom. The normalized spacial score (nSPS) is 20.5. The number of carbonyl (C=O) groups is 2. The number of hydrogen-bond donors (Lipinski definition) is 1. The first-order chi connectivity index (χ1) is 13.5. The molecule has 2 heterocycles. The standard InChI is InChI=1S/C22H28N4O2/c1-15(2)19-14-25(12-9-20(27)26(19)13-16-7-8-16)22(28)18-6-4-3-5-17(18)21-23-10-11-24-21/h3-6,10-11,15-16,19H,7-9,12-14H2,1-2H3,(H,23,24). The second-order valence-corrected chi connectivity index (χ2v) is 8.29. The maximum Gasteiger partial charge on any atom is 0.254 e. The van der Waals surface area contributed by atoms with Crippen molar-refractivity contribution in [2.45, 2.75) is 39.2 Å². The van der Waals surface area contributed by atoms with Crippen molar-refractivity contribution in [1.29, 1.82) is 0 Å². The highest BCUT2D eigenvalue weighted by molar-refractivity contribution is 6.00. The number of imidazole rings is 1. The van der Waals surface area contributed by atoms with E-state index in [9.17, 15) is 9.59 Å². The molecule has 2 aromatic rings. The van der Waals surface area contributed by atoms with Crippen molar-refractivity contribution in [3.05, 3.63) is 42.2 Å². The molecule has 4 rings (SSSR count). The summed E-state index contributed by atoms with van der Waals surface area (Å²) < 4.78 is 0. The van der Waals surface area contributed by atoms with Crippen LogP contribution >= 0.6 is 0 Å². The van der Waals surface area contributed by atoms with Gasteiger partial charge in [0.2, 0.25) is 5.91 Å². The number of H-pyrrole nitrogens is 1. The van der Waals surface area contributed by atoms with Crippen LogP contribution in [-0.4, -0.2) is 57.3 Å². The van der Waals surface area contributed by atoms with Gasteiger partial charge in [-0.1, -0.05) is 32.0 Å². The van der Waals surface area contributed by atoms with Gasteiger partial charge < -0.3 is 14.8 Å². The van der Waals surface area contributed by atoms with Crippen molar-refractivity contribution in [3.63, 3.8) is 0 Å². The van der Waals surface area contributed by atoms with E-state index in [0.717, 1.165) is 12.1 Å². The van der Waals surface area contributed by atoms with E-state index in [-0.39, 0.29) is 17.9 Å². The SMILES string of the molecule is CC(C)C1CN(C(=O)c2ccccc2-c2ncc[nH]2)CCC(=O)N1CC1CC1. The van der Waals surface area contributed by atoms with Crippen LogP contribution in [0.4, 0.5) is 0 Å². The van der Waals surface area contributed by atoms with E-state index in [1.165, 1.54) is 12.8 Å². The zero-order chi connectivity index (χ0) is 19.7. The molecule has 6 heteroatoms. The van der Waals surface area contributed by atoms with Crippen molar-refractivity contribution in [3.8, 4) is 11.4 Å². The molecule has 6 nitrogen and oxygen atoms in total. The summed E-state index contributed by atoms with van der Waals surface area (Å²) in [5.41, 5.74) is 1.42. The molecule has 2 fully saturated rings. The molecule has 1 saturated heterocycles. The molecule has 1 aliphatic carbocycles. The van der Waals surface area contributed by atoms with Crippen molar-refractivity contribution in [2.75, 3.05) is 19.6 Å². The van der Waals surface area contributed by atoms with Gasteiger partial charge in [0, 0.05) is 44.0 Å². The maximum atomic E-state index is 13.4. The summed E-state index contributed by atoms with van der Waals surface area (Å²) in [5.74, 6) is 1.79. The third kappa shape index (κ3) is 3.81. The summed E-state index contributed by atoms with van der Waals surface area (Å²) in [7, 11) is 0.